The largest absolute Gasteiger partial charge is 0.385 e. The molecule has 0 aromatic heterocycles. The van der Waals surface area contributed by atoms with Crippen molar-refractivity contribution < 1.29 is 9.47 Å². The van der Waals surface area contributed by atoms with Crippen molar-refractivity contribution in [2.45, 2.75) is 90.6 Å². The zero-order valence-electron chi connectivity index (χ0n) is 25.9. The van der Waals surface area contributed by atoms with E-state index in [4.69, 9.17) is 9.47 Å². The van der Waals surface area contributed by atoms with Gasteiger partial charge >= 0.3 is 0 Å². The number of methoxy groups -OCH3 is 1. The molecule has 228 valence electrons. The molecule has 1 heterocycles. The van der Waals surface area contributed by atoms with Crippen LogP contribution < -0.4 is 21.1 Å². The molecule has 6 nitrogen and oxygen atoms in total. The van der Waals surface area contributed by atoms with Gasteiger partial charge in [-0.05, 0) is 74.9 Å². The molecule has 4 rings (SSSR count). The standard InChI is InChI=1S/C35H54N2O4/c1-26(2)17-18-36-24-28(22-27-12-6-4-7-13-27)23-31-32(34(39)33(31)38)37-19-10-16-30(25-37)35(41-21-11-20-40-3)29-14-8-5-9-15-29/h5,8-9,14-15,26-28,30,35-36H,4,6-7,10-13,16-25H2,1-3H3/t28-,30-,35+/m1/s1. The molecule has 1 N–H and O–H groups in total. The van der Waals surface area contributed by atoms with Gasteiger partial charge in [0.1, 0.15) is 0 Å². The van der Waals surface area contributed by atoms with Crippen LogP contribution in [0.1, 0.15) is 95.3 Å². The molecular formula is C35H54N2O4. The van der Waals surface area contributed by atoms with Crippen molar-refractivity contribution in [2.24, 2.45) is 23.7 Å². The fourth-order valence-corrected chi connectivity index (χ4v) is 7.09. The van der Waals surface area contributed by atoms with Crippen LogP contribution in [0.2, 0.25) is 0 Å². The molecule has 2 aromatic carbocycles. The van der Waals surface area contributed by atoms with Gasteiger partial charge < -0.3 is 19.7 Å². The van der Waals surface area contributed by atoms with Gasteiger partial charge in [0.05, 0.1) is 11.8 Å². The van der Waals surface area contributed by atoms with Crippen molar-refractivity contribution in [3.63, 3.8) is 0 Å². The molecule has 2 aliphatic rings. The lowest BCUT2D eigenvalue weighted by Gasteiger charge is -2.39. The second-order valence-corrected chi connectivity index (χ2v) is 13.1. The highest BCUT2D eigenvalue weighted by Gasteiger charge is 2.34. The molecule has 0 spiro atoms. The summed E-state index contributed by atoms with van der Waals surface area (Å²) in [5, 5.41) is 3.69. The maximum Gasteiger partial charge on any atom is 0.249 e. The van der Waals surface area contributed by atoms with Gasteiger partial charge in [-0.1, -0.05) is 76.3 Å². The Kier molecular flexibility index (Phi) is 12.9. The van der Waals surface area contributed by atoms with E-state index in [-0.39, 0.29) is 22.9 Å². The van der Waals surface area contributed by atoms with E-state index in [0.29, 0.717) is 30.7 Å². The Morgan fingerprint density at radius 1 is 0.976 bits per heavy atom. The number of rotatable bonds is 17. The Hall–Kier alpha value is -2.02. The number of ether oxygens (including phenoxy) is 2. The lowest BCUT2D eigenvalue weighted by atomic mass is 9.80. The van der Waals surface area contributed by atoms with Crippen LogP contribution in [-0.2, 0) is 15.9 Å². The van der Waals surface area contributed by atoms with Gasteiger partial charge in [0, 0.05) is 44.9 Å². The summed E-state index contributed by atoms with van der Waals surface area (Å²) in [6.07, 6.45) is 12.5. The summed E-state index contributed by atoms with van der Waals surface area (Å²) in [5.74, 6) is 2.09. The summed E-state index contributed by atoms with van der Waals surface area (Å²) in [5.41, 5.74) is 2.17. The highest BCUT2D eigenvalue weighted by atomic mass is 16.5. The highest BCUT2D eigenvalue weighted by Crippen LogP contribution is 2.36. The van der Waals surface area contributed by atoms with Crippen molar-refractivity contribution in [3.05, 3.63) is 61.9 Å². The average molecular weight is 567 g/mol. The Morgan fingerprint density at radius 3 is 2.49 bits per heavy atom. The number of anilines is 1. The predicted octanol–water partition coefficient (Wildman–Crippen LogP) is 6.06. The van der Waals surface area contributed by atoms with Gasteiger partial charge in [-0.15, -0.1) is 0 Å². The predicted molar refractivity (Wildman–Crippen MR) is 169 cm³/mol. The number of hydrogen-bond donors (Lipinski definition) is 1. The molecule has 0 bridgehead atoms. The SMILES string of the molecule is COCCCO[C@@H](c1ccccc1)[C@@H]1CCCN(c2c(C[C@H](CNCCC(C)C)CC3CCCCC3)c(=O)c2=O)C1. The topological polar surface area (TPSA) is 67.9 Å². The van der Waals surface area contributed by atoms with Crippen LogP contribution in [0.15, 0.2) is 39.9 Å². The first-order valence-electron chi connectivity index (χ1n) is 16.4. The Balaban J connectivity index is 1.47. The lowest BCUT2D eigenvalue weighted by Crippen LogP contribution is -2.49. The molecule has 0 unspecified atom stereocenters. The van der Waals surface area contributed by atoms with E-state index in [0.717, 1.165) is 76.2 Å². The second-order valence-electron chi connectivity index (χ2n) is 13.1. The summed E-state index contributed by atoms with van der Waals surface area (Å²) >= 11 is 0. The van der Waals surface area contributed by atoms with Crippen molar-refractivity contribution in [3.8, 4) is 0 Å². The molecule has 1 saturated carbocycles. The summed E-state index contributed by atoms with van der Waals surface area (Å²) in [6.45, 7) is 9.36. The van der Waals surface area contributed by atoms with E-state index in [1.165, 1.54) is 37.7 Å². The fraction of sp³-hybridized carbons (Fsp3) is 0.714. The fourth-order valence-electron chi connectivity index (χ4n) is 7.09. The first kappa shape index (κ1) is 31.9. The smallest absolute Gasteiger partial charge is 0.249 e. The van der Waals surface area contributed by atoms with Crippen molar-refractivity contribution in [2.75, 3.05) is 51.4 Å². The molecule has 2 aromatic rings. The molecule has 1 aliphatic carbocycles. The number of nitrogens with zero attached hydrogens (tertiary/aromatic N) is 1. The number of hydrogen-bond acceptors (Lipinski definition) is 6. The molecule has 1 saturated heterocycles. The van der Waals surface area contributed by atoms with Gasteiger partial charge in [0.25, 0.3) is 0 Å². The van der Waals surface area contributed by atoms with Gasteiger partial charge in [-0.3, -0.25) is 9.59 Å². The van der Waals surface area contributed by atoms with Gasteiger partial charge in [-0.25, -0.2) is 0 Å². The van der Waals surface area contributed by atoms with Crippen LogP contribution in [0.4, 0.5) is 5.69 Å². The van der Waals surface area contributed by atoms with Crippen LogP contribution in [0.3, 0.4) is 0 Å². The molecule has 0 radical (unpaired) electrons. The van der Waals surface area contributed by atoms with E-state index in [1.54, 1.807) is 7.11 Å². The van der Waals surface area contributed by atoms with Crippen LogP contribution in [0, 0.1) is 23.7 Å². The first-order chi connectivity index (χ1) is 20.0. The van der Waals surface area contributed by atoms with E-state index in [1.807, 2.05) is 6.07 Å². The molecule has 2 fully saturated rings. The van der Waals surface area contributed by atoms with Crippen LogP contribution in [-0.4, -0.2) is 46.5 Å². The number of benzene rings is 1. The summed E-state index contributed by atoms with van der Waals surface area (Å²) in [6, 6.07) is 10.5. The van der Waals surface area contributed by atoms with Gasteiger partial charge in [0.2, 0.25) is 10.9 Å². The minimum atomic E-state index is -0.276. The third kappa shape index (κ3) is 9.23. The Morgan fingerprint density at radius 2 is 1.76 bits per heavy atom. The molecule has 6 heteroatoms. The van der Waals surface area contributed by atoms with Gasteiger partial charge in [-0.2, -0.15) is 0 Å². The van der Waals surface area contributed by atoms with E-state index >= 15 is 0 Å². The Labute approximate surface area is 247 Å². The summed E-state index contributed by atoms with van der Waals surface area (Å²) < 4.78 is 11.7. The first-order valence-corrected chi connectivity index (χ1v) is 16.4. The van der Waals surface area contributed by atoms with Gasteiger partial charge in [0.15, 0.2) is 0 Å². The monoisotopic (exact) mass is 566 g/mol. The second kappa shape index (κ2) is 16.6. The van der Waals surface area contributed by atoms with Crippen LogP contribution >= 0.6 is 0 Å². The number of nitrogens with one attached hydrogen (secondary N) is 1. The third-order valence-corrected chi connectivity index (χ3v) is 9.32. The van der Waals surface area contributed by atoms with Crippen LogP contribution in [0.5, 0.6) is 0 Å². The number of piperidine rings is 1. The Bertz CT molecular complexity index is 1090. The lowest BCUT2D eigenvalue weighted by molar-refractivity contribution is -0.00238. The molecule has 41 heavy (non-hydrogen) atoms. The molecule has 3 atom stereocenters. The summed E-state index contributed by atoms with van der Waals surface area (Å²) in [7, 11) is 1.72. The minimum Gasteiger partial charge on any atom is -0.385 e. The minimum absolute atomic E-state index is 0.0324. The summed E-state index contributed by atoms with van der Waals surface area (Å²) in [4.78, 5) is 28.3. The highest BCUT2D eigenvalue weighted by molar-refractivity contribution is 5.59. The maximum absolute atomic E-state index is 13.1. The van der Waals surface area contributed by atoms with E-state index < -0.39 is 0 Å². The van der Waals surface area contributed by atoms with Crippen molar-refractivity contribution in [1.29, 1.82) is 0 Å². The third-order valence-electron chi connectivity index (χ3n) is 9.32. The maximum atomic E-state index is 13.1. The molecule has 1 aliphatic heterocycles. The van der Waals surface area contributed by atoms with E-state index in [2.05, 4.69) is 48.3 Å². The van der Waals surface area contributed by atoms with Crippen LogP contribution in [0.25, 0.3) is 0 Å². The van der Waals surface area contributed by atoms with Crippen molar-refractivity contribution >= 4 is 5.69 Å². The quantitative estimate of drug-likeness (QED) is 0.186. The van der Waals surface area contributed by atoms with E-state index in [9.17, 15) is 9.59 Å². The molecular weight excluding hydrogens is 512 g/mol. The molecule has 0 amide bonds. The zero-order valence-corrected chi connectivity index (χ0v) is 25.9. The van der Waals surface area contributed by atoms with Crippen molar-refractivity contribution in [1.82, 2.24) is 5.32 Å². The average Bonchev–Trinajstić information content (AvgIpc) is 2.99. The normalized spacial score (nSPS) is 20.1. The zero-order chi connectivity index (χ0) is 29.0.